The molecule has 0 bridgehead atoms. The van der Waals surface area contributed by atoms with Gasteiger partial charge in [0.15, 0.2) is 0 Å². The monoisotopic (exact) mass is 211 g/mol. The number of piperidine rings is 1. The molecule has 1 amide bonds. The number of rotatable bonds is 2. The molecule has 1 unspecified atom stereocenters. The highest BCUT2D eigenvalue weighted by Gasteiger charge is 2.42. The predicted octanol–water partition coefficient (Wildman–Crippen LogP) is 1.81. The van der Waals surface area contributed by atoms with Gasteiger partial charge in [-0.1, -0.05) is 13.8 Å². The van der Waals surface area contributed by atoms with Gasteiger partial charge in [0.2, 0.25) is 5.91 Å². The van der Waals surface area contributed by atoms with Crippen molar-refractivity contribution >= 4 is 5.91 Å². The Bertz CT molecular complexity index is 244. The van der Waals surface area contributed by atoms with E-state index in [1.165, 1.54) is 0 Å². The Labute approximate surface area is 91.8 Å². The van der Waals surface area contributed by atoms with Crippen molar-refractivity contribution in [1.29, 1.82) is 0 Å². The van der Waals surface area contributed by atoms with E-state index in [0.717, 1.165) is 39.0 Å². The van der Waals surface area contributed by atoms with Crippen LogP contribution in [0.4, 0.5) is 0 Å². The lowest BCUT2D eigenvalue weighted by molar-refractivity contribution is -0.145. The third-order valence-corrected chi connectivity index (χ3v) is 3.43. The van der Waals surface area contributed by atoms with Gasteiger partial charge < -0.3 is 9.64 Å². The Morgan fingerprint density at radius 3 is 2.80 bits per heavy atom. The molecule has 0 N–H and O–H groups in total. The summed E-state index contributed by atoms with van der Waals surface area (Å²) in [7, 11) is 0. The molecule has 86 valence electrons. The Morgan fingerprint density at radius 2 is 2.27 bits per heavy atom. The highest BCUT2D eigenvalue weighted by atomic mass is 16.5. The smallest absolute Gasteiger partial charge is 0.225 e. The number of nitrogens with zero attached hydrogens (tertiary/aromatic N) is 1. The number of hydrogen-bond acceptors (Lipinski definition) is 2. The quantitative estimate of drug-likeness (QED) is 0.697. The normalized spacial score (nSPS) is 31.9. The van der Waals surface area contributed by atoms with Crippen molar-refractivity contribution in [2.24, 2.45) is 5.92 Å². The molecule has 1 spiro atoms. The van der Waals surface area contributed by atoms with Crippen molar-refractivity contribution in [2.45, 2.75) is 45.1 Å². The molecule has 2 heterocycles. The number of amides is 1. The van der Waals surface area contributed by atoms with Crippen LogP contribution in [0.1, 0.15) is 39.5 Å². The Hall–Kier alpha value is -0.570. The summed E-state index contributed by atoms with van der Waals surface area (Å²) in [6, 6.07) is 0. The van der Waals surface area contributed by atoms with Crippen LogP contribution in [0.15, 0.2) is 0 Å². The first-order chi connectivity index (χ1) is 7.11. The summed E-state index contributed by atoms with van der Waals surface area (Å²) in [6.07, 6.45) is 3.84. The lowest BCUT2D eigenvalue weighted by Gasteiger charge is -2.38. The molecule has 2 saturated heterocycles. The molecule has 0 saturated carbocycles. The number of carbonyl (C=O) groups excluding carboxylic acids is 1. The summed E-state index contributed by atoms with van der Waals surface area (Å²) in [5, 5.41) is 0. The van der Waals surface area contributed by atoms with Gasteiger partial charge in [0.25, 0.3) is 0 Å². The summed E-state index contributed by atoms with van der Waals surface area (Å²) in [4.78, 5) is 13.9. The first-order valence-electron chi connectivity index (χ1n) is 6.03. The molecule has 2 aliphatic heterocycles. The molecule has 0 aliphatic carbocycles. The van der Waals surface area contributed by atoms with Crippen molar-refractivity contribution in [1.82, 2.24) is 4.90 Å². The van der Waals surface area contributed by atoms with E-state index in [1.54, 1.807) is 0 Å². The lowest BCUT2D eigenvalue weighted by Crippen LogP contribution is -2.48. The van der Waals surface area contributed by atoms with Gasteiger partial charge in [-0.2, -0.15) is 0 Å². The van der Waals surface area contributed by atoms with Gasteiger partial charge in [-0.05, 0) is 25.2 Å². The van der Waals surface area contributed by atoms with E-state index in [1.807, 2.05) is 4.90 Å². The van der Waals surface area contributed by atoms with Crippen molar-refractivity contribution in [3.8, 4) is 0 Å². The Kier molecular flexibility index (Phi) is 3.01. The number of hydrogen-bond donors (Lipinski definition) is 0. The fourth-order valence-corrected chi connectivity index (χ4v) is 2.66. The van der Waals surface area contributed by atoms with Crippen LogP contribution in [0.3, 0.4) is 0 Å². The third kappa shape index (κ3) is 2.33. The highest BCUT2D eigenvalue weighted by Crippen LogP contribution is 2.36. The molecule has 15 heavy (non-hydrogen) atoms. The zero-order chi connectivity index (χ0) is 10.9. The number of likely N-dealkylation sites (tertiary alicyclic amines) is 1. The van der Waals surface area contributed by atoms with Gasteiger partial charge in [-0.15, -0.1) is 0 Å². The fourth-order valence-electron chi connectivity index (χ4n) is 2.66. The predicted molar refractivity (Wildman–Crippen MR) is 58.6 cm³/mol. The van der Waals surface area contributed by atoms with Crippen LogP contribution in [0, 0.1) is 5.92 Å². The van der Waals surface area contributed by atoms with Crippen LogP contribution in [0.25, 0.3) is 0 Å². The molecule has 0 radical (unpaired) electrons. The highest BCUT2D eigenvalue weighted by molar-refractivity contribution is 5.78. The van der Waals surface area contributed by atoms with Gasteiger partial charge in [0.1, 0.15) is 0 Å². The van der Waals surface area contributed by atoms with Crippen LogP contribution in [-0.2, 0) is 9.53 Å². The maximum Gasteiger partial charge on any atom is 0.225 e. The minimum absolute atomic E-state index is 0.0788. The van der Waals surface area contributed by atoms with E-state index in [9.17, 15) is 4.79 Å². The van der Waals surface area contributed by atoms with Gasteiger partial charge in [-0.25, -0.2) is 0 Å². The minimum atomic E-state index is -0.0788. The van der Waals surface area contributed by atoms with Gasteiger partial charge in [0, 0.05) is 19.7 Å². The van der Waals surface area contributed by atoms with Crippen molar-refractivity contribution < 1.29 is 9.53 Å². The van der Waals surface area contributed by atoms with Gasteiger partial charge in [-0.3, -0.25) is 4.79 Å². The van der Waals surface area contributed by atoms with E-state index < -0.39 is 0 Å². The first-order valence-corrected chi connectivity index (χ1v) is 6.03. The average molecular weight is 211 g/mol. The van der Waals surface area contributed by atoms with Crippen LogP contribution in [-0.4, -0.2) is 36.1 Å². The molecule has 0 aromatic heterocycles. The fraction of sp³-hybridized carbons (Fsp3) is 0.917. The second-order valence-corrected chi connectivity index (χ2v) is 5.30. The topological polar surface area (TPSA) is 29.5 Å². The standard InChI is InChI=1S/C12H21NO2/c1-10(2)9-13-6-5-12(8-11(13)14)4-3-7-15-12/h10H,3-9H2,1-2H3. The Morgan fingerprint density at radius 1 is 1.47 bits per heavy atom. The van der Waals surface area contributed by atoms with E-state index in [4.69, 9.17) is 4.74 Å². The molecule has 0 aromatic carbocycles. The van der Waals surface area contributed by atoms with Crippen molar-refractivity contribution in [2.75, 3.05) is 19.7 Å². The second kappa shape index (κ2) is 4.12. The van der Waals surface area contributed by atoms with E-state index in [2.05, 4.69) is 13.8 Å². The lowest BCUT2D eigenvalue weighted by atomic mass is 9.88. The third-order valence-electron chi connectivity index (χ3n) is 3.43. The number of ether oxygens (including phenoxy) is 1. The van der Waals surface area contributed by atoms with Gasteiger partial charge in [0.05, 0.1) is 12.0 Å². The van der Waals surface area contributed by atoms with E-state index in [0.29, 0.717) is 12.3 Å². The SMILES string of the molecule is CC(C)CN1CCC2(CCCO2)CC1=O. The largest absolute Gasteiger partial charge is 0.374 e. The summed E-state index contributed by atoms with van der Waals surface area (Å²) in [6.45, 7) is 6.94. The minimum Gasteiger partial charge on any atom is -0.374 e. The molecule has 2 fully saturated rings. The first kappa shape index (κ1) is 10.9. The average Bonchev–Trinajstić information content (AvgIpc) is 2.59. The van der Waals surface area contributed by atoms with Crippen molar-refractivity contribution in [3.63, 3.8) is 0 Å². The number of carbonyl (C=O) groups is 1. The molecule has 3 nitrogen and oxygen atoms in total. The molecular weight excluding hydrogens is 190 g/mol. The van der Waals surface area contributed by atoms with Crippen LogP contribution in [0.5, 0.6) is 0 Å². The van der Waals surface area contributed by atoms with E-state index >= 15 is 0 Å². The molecule has 0 aromatic rings. The summed E-state index contributed by atoms with van der Waals surface area (Å²) >= 11 is 0. The summed E-state index contributed by atoms with van der Waals surface area (Å²) in [5.74, 6) is 0.851. The molecule has 1 atom stereocenters. The summed E-state index contributed by atoms with van der Waals surface area (Å²) < 4.78 is 5.76. The molecule has 2 rings (SSSR count). The molecular formula is C12H21NO2. The van der Waals surface area contributed by atoms with Crippen LogP contribution >= 0.6 is 0 Å². The summed E-state index contributed by atoms with van der Waals surface area (Å²) in [5.41, 5.74) is -0.0788. The maximum atomic E-state index is 11.9. The molecule has 3 heteroatoms. The maximum absolute atomic E-state index is 11.9. The zero-order valence-corrected chi connectivity index (χ0v) is 9.79. The second-order valence-electron chi connectivity index (χ2n) is 5.30. The van der Waals surface area contributed by atoms with E-state index in [-0.39, 0.29) is 11.5 Å². The van der Waals surface area contributed by atoms with Gasteiger partial charge >= 0.3 is 0 Å². The van der Waals surface area contributed by atoms with Crippen molar-refractivity contribution in [3.05, 3.63) is 0 Å². The molecule has 2 aliphatic rings. The van der Waals surface area contributed by atoms with Crippen LogP contribution < -0.4 is 0 Å². The van der Waals surface area contributed by atoms with Crippen LogP contribution in [0.2, 0.25) is 0 Å². The Balaban J connectivity index is 1.93. The zero-order valence-electron chi connectivity index (χ0n) is 9.79.